The second kappa shape index (κ2) is 7.87. The largest absolute Gasteiger partial charge is 0.456 e. The topological polar surface area (TPSA) is 94.2 Å². The van der Waals surface area contributed by atoms with Gasteiger partial charge in [-0.3, -0.25) is 4.79 Å². The fourth-order valence-corrected chi connectivity index (χ4v) is 3.72. The van der Waals surface area contributed by atoms with Gasteiger partial charge in [0.2, 0.25) is 0 Å². The van der Waals surface area contributed by atoms with Crippen molar-refractivity contribution in [3.63, 3.8) is 0 Å². The standard InChI is InChI=1S/C20H17N3O4S/c1-12-5-4-6-13-19(12)22-16(23-20(13)25)9-27-18(24)11-26-10-17-21-14-7-2-3-8-15(14)28-17/h2-8H,9-11H2,1H3,(H,22,23,25). The molecule has 0 aliphatic carbocycles. The molecule has 0 aliphatic rings. The maximum absolute atomic E-state index is 12.1. The molecule has 0 aliphatic heterocycles. The first-order valence-electron chi connectivity index (χ1n) is 8.66. The summed E-state index contributed by atoms with van der Waals surface area (Å²) in [6, 6.07) is 13.2. The Morgan fingerprint density at radius 1 is 1.11 bits per heavy atom. The van der Waals surface area contributed by atoms with Crippen molar-refractivity contribution in [3.05, 3.63) is 69.2 Å². The summed E-state index contributed by atoms with van der Waals surface area (Å²) in [7, 11) is 0. The van der Waals surface area contributed by atoms with Crippen LogP contribution in [0.5, 0.6) is 0 Å². The highest BCUT2D eigenvalue weighted by Gasteiger charge is 2.10. The second-order valence-electron chi connectivity index (χ2n) is 6.21. The van der Waals surface area contributed by atoms with Crippen molar-refractivity contribution in [2.45, 2.75) is 20.1 Å². The van der Waals surface area contributed by atoms with Gasteiger partial charge < -0.3 is 14.5 Å². The number of para-hydroxylation sites is 2. The summed E-state index contributed by atoms with van der Waals surface area (Å²) in [6.45, 7) is 1.79. The zero-order chi connectivity index (χ0) is 19.5. The number of nitrogens with zero attached hydrogens (tertiary/aromatic N) is 2. The van der Waals surface area contributed by atoms with E-state index in [0.717, 1.165) is 20.8 Å². The van der Waals surface area contributed by atoms with Gasteiger partial charge in [-0.2, -0.15) is 0 Å². The zero-order valence-electron chi connectivity index (χ0n) is 15.1. The van der Waals surface area contributed by atoms with E-state index >= 15 is 0 Å². The molecule has 0 atom stereocenters. The predicted octanol–water partition coefficient (Wildman–Crippen LogP) is 3.10. The van der Waals surface area contributed by atoms with E-state index in [-0.39, 0.29) is 25.4 Å². The number of hydrogen-bond acceptors (Lipinski definition) is 7. The lowest BCUT2D eigenvalue weighted by molar-refractivity contribution is -0.151. The van der Waals surface area contributed by atoms with E-state index in [1.165, 1.54) is 11.3 Å². The number of aromatic amines is 1. The molecule has 8 heteroatoms. The van der Waals surface area contributed by atoms with E-state index < -0.39 is 5.97 Å². The SMILES string of the molecule is Cc1cccc2c(=O)[nH]c(COC(=O)COCc3nc4ccccc4s3)nc12. The van der Waals surface area contributed by atoms with Crippen molar-refractivity contribution in [1.29, 1.82) is 0 Å². The maximum atomic E-state index is 12.1. The minimum absolute atomic E-state index is 0.122. The highest BCUT2D eigenvalue weighted by Crippen LogP contribution is 2.21. The van der Waals surface area contributed by atoms with Crippen LogP contribution in [0, 0.1) is 6.92 Å². The number of benzene rings is 2. The third-order valence-corrected chi connectivity index (χ3v) is 5.15. The van der Waals surface area contributed by atoms with Crippen molar-refractivity contribution in [3.8, 4) is 0 Å². The van der Waals surface area contributed by atoms with Gasteiger partial charge in [-0.05, 0) is 30.7 Å². The Hall–Kier alpha value is -3.10. The van der Waals surface area contributed by atoms with Gasteiger partial charge in [-0.15, -0.1) is 11.3 Å². The fraction of sp³-hybridized carbons (Fsp3) is 0.200. The molecule has 0 unspecified atom stereocenters. The smallest absolute Gasteiger partial charge is 0.332 e. The highest BCUT2D eigenvalue weighted by atomic mass is 32.1. The molecule has 0 saturated heterocycles. The van der Waals surface area contributed by atoms with Gasteiger partial charge >= 0.3 is 5.97 Å². The number of aryl methyl sites for hydroxylation is 1. The molecular weight excluding hydrogens is 378 g/mol. The number of H-pyrrole nitrogens is 1. The van der Waals surface area contributed by atoms with E-state index in [0.29, 0.717) is 16.7 Å². The van der Waals surface area contributed by atoms with Crippen molar-refractivity contribution in [2.24, 2.45) is 0 Å². The number of ether oxygens (including phenoxy) is 2. The molecule has 0 fully saturated rings. The Morgan fingerprint density at radius 3 is 2.82 bits per heavy atom. The minimum Gasteiger partial charge on any atom is -0.456 e. The molecular formula is C20H17N3O4S. The number of aromatic nitrogens is 3. The molecule has 0 amide bonds. The lowest BCUT2D eigenvalue weighted by atomic mass is 10.1. The van der Waals surface area contributed by atoms with Gasteiger partial charge in [0.1, 0.15) is 24.0 Å². The van der Waals surface area contributed by atoms with E-state index in [1.807, 2.05) is 37.3 Å². The number of carbonyl (C=O) groups is 1. The Labute approximate surface area is 164 Å². The summed E-state index contributed by atoms with van der Waals surface area (Å²) in [5, 5.41) is 1.30. The summed E-state index contributed by atoms with van der Waals surface area (Å²) in [6.07, 6.45) is 0. The Morgan fingerprint density at radius 2 is 1.96 bits per heavy atom. The Balaban J connectivity index is 1.32. The predicted molar refractivity (Wildman–Crippen MR) is 106 cm³/mol. The number of carbonyl (C=O) groups excluding carboxylic acids is 1. The van der Waals surface area contributed by atoms with Crippen molar-refractivity contribution >= 4 is 38.4 Å². The summed E-state index contributed by atoms with van der Waals surface area (Å²) in [5.41, 5.74) is 2.14. The molecule has 0 spiro atoms. The van der Waals surface area contributed by atoms with Crippen LogP contribution in [0.4, 0.5) is 0 Å². The fourth-order valence-electron chi connectivity index (χ4n) is 2.81. The molecule has 28 heavy (non-hydrogen) atoms. The molecule has 0 radical (unpaired) electrons. The Bertz CT molecular complexity index is 1180. The van der Waals surface area contributed by atoms with Crippen LogP contribution in [-0.2, 0) is 27.5 Å². The van der Waals surface area contributed by atoms with Crippen molar-refractivity contribution in [1.82, 2.24) is 15.0 Å². The van der Waals surface area contributed by atoms with Crippen LogP contribution < -0.4 is 5.56 Å². The second-order valence-corrected chi connectivity index (χ2v) is 7.33. The number of esters is 1. The third-order valence-electron chi connectivity index (χ3n) is 4.14. The molecule has 0 saturated carbocycles. The van der Waals surface area contributed by atoms with Gasteiger partial charge in [-0.1, -0.05) is 24.3 Å². The normalized spacial score (nSPS) is 11.2. The van der Waals surface area contributed by atoms with Crippen molar-refractivity contribution in [2.75, 3.05) is 6.61 Å². The van der Waals surface area contributed by atoms with Crippen LogP contribution in [0.3, 0.4) is 0 Å². The van der Waals surface area contributed by atoms with Crippen LogP contribution in [-0.4, -0.2) is 27.5 Å². The first-order chi connectivity index (χ1) is 13.6. The summed E-state index contributed by atoms with van der Waals surface area (Å²) >= 11 is 1.53. The van der Waals surface area contributed by atoms with E-state index in [9.17, 15) is 9.59 Å². The van der Waals surface area contributed by atoms with Gasteiger partial charge in [0.25, 0.3) is 5.56 Å². The molecule has 0 bridgehead atoms. The summed E-state index contributed by atoms with van der Waals surface area (Å²) in [4.78, 5) is 35.5. The molecule has 7 nitrogen and oxygen atoms in total. The molecule has 142 valence electrons. The van der Waals surface area contributed by atoms with Crippen LogP contribution in [0.2, 0.25) is 0 Å². The number of thiazole rings is 1. The quantitative estimate of drug-likeness (QED) is 0.504. The van der Waals surface area contributed by atoms with Crippen LogP contribution in [0.1, 0.15) is 16.4 Å². The third kappa shape index (κ3) is 3.92. The number of fused-ring (bicyclic) bond motifs is 2. The van der Waals surface area contributed by atoms with Crippen LogP contribution >= 0.6 is 11.3 Å². The minimum atomic E-state index is -0.534. The average Bonchev–Trinajstić information content (AvgIpc) is 3.10. The number of rotatable bonds is 6. The van der Waals surface area contributed by atoms with Crippen LogP contribution in [0.15, 0.2) is 47.3 Å². The first-order valence-corrected chi connectivity index (χ1v) is 9.48. The molecule has 2 heterocycles. The van der Waals surface area contributed by atoms with Gasteiger partial charge in [0.05, 0.1) is 27.7 Å². The lowest BCUT2D eigenvalue weighted by Crippen LogP contribution is -2.17. The molecule has 4 aromatic rings. The number of hydrogen-bond donors (Lipinski definition) is 1. The molecule has 4 rings (SSSR count). The van der Waals surface area contributed by atoms with Gasteiger partial charge in [0.15, 0.2) is 0 Å². The summed E-state index contributed by atoms with van der Waals surface area (Å²) < 4.78 is 11.6. The van der Waals surface area contributed by atoms with Crippen molar-refractivity contribution < 1.29 is 14.3 Å². The molecule has 2 aromatic carbocycles. The van der Waals surface area contributed by atoms with E-state index in [1.54, 1.807) is 12.1 Å². The monoisotopic (exact) mass is 395 g/mol. The lowest BCUT2D eigenvalue weighted by Gasteiger charge is -2.06. The first kappa shape index (κ1) is 18.3. The van der Waals surface area contributed by atoms with Gasteiger partial charge in [0, 0.05) is 0 Å². The maximum Gasteiger partial charge on any atom is 0.332 e. The molecule has 2 aromatic heterocycles. The van der Waals surface area contributed by atoms with E-state index in [2.05, 4.69) is 15.0 Å². The highest BCUT2D eigenvalue weighted by molar-refractivity contribution is 7.18. The van der Waals surface area contributed by atoms with Gasteiger partial charge in [-0.25, -0.2) is 14.8 Å². The molecule has 1 N–H and O–H groups in total. The summed E-state index contributed by atoms with van der Waals surface area (Å²) in [5.74, 6) is -0.236. The van der Waals surface area contributed by atoms with Crippen LogP contribution in [0.25, 0.3) is 21.1 Å². The van der Waals surface area contributed by atoms with E-state index in [4.69, 9.17) is 9.47 Å². The average molecular weight is 395 g/mol. The number of nitrogens with one attached hydrogen (secondary N) is 1. The zero-order valence-corrected chi connectivity index (χ0v) is 15.9. The Kier molecular flexibility index (Phi) is 5.14.